The number of amides is 3. The van der Waals surface area contributed by atoms with Crippen LogP contribution in [-0.4, -0.2) is 82.2 Å². The topological polar surface area (TPSA) is 85.8 Å². The van der Waals surface area contributed by atoms with Crippen molar-refractivity contribution in [2.45, 2.75) is 71.0 Å². The first-order valence-corrected chi connectivity index (χ1v) is 15.4. The first-order valence-electron chi connectivity index (χ1n) is 13.7. The molecule has 4 heterocycles. The standard InChI is InChI=1S/C28H37Cl2N5O3S/c1-19-15-23(29)32-27(30)26(19)28(38)31-10-6-20(2)33-12-7-22(8-13-33)35(16-21-9-14-39-18-21)25(37)17-34-11-4-3-5-24(34)36/h9,14-15,18,20,22H,3-8,10-13,16-17H2,1-2H3,(H,31,38). The van der Waals surface area contributed by atoms with Gasteiger partial charge >= 0.3 is 0 Å². The van der Waals surface area contributed by atoms with Gasteiger partial charge in [-0.25, -0.2) is 4.98 Å². The highest BCUT2D eigenvalue weighted by Gasteiger charge is 2.31. The van der Waals surface area contributed by atoms with Crippen LogP contribution in [0.3, 0.4) is 0 Å². The van der Waals surface area contributed by atoms with Crippen LogP contribution in [0.5, 0.6) is 0 Å². The minimum absolute atomic E-state index is 0.0382. The highest BCUT2D eigenvalue weighted by atomic mass is 35.5. The van der Waals surface area contributed by atoms with Crippen molar-refractivity contribution < 1.29 is 14.4 Å². The average molecular weight is 595 g/mol. The van der Waals surface area contributed by atoms with Crippen LogP contribution in [0, 0.1) is 6.92 Å². The number of thiophene rings is 1. The van der Waals surface area contributed by atoms with Crippen molar-refractivity contribution in [3.05, 3.63) is 49.9 Å². The Labute approximate surface area is 244 Å². The van der Waals surface area contributed by atoms with Crippen molar-refractivity contribution in [2.75, 3.05) is 32.7 Å². The Morgan fingerprint density at radius 1 is 1.23 bits per heavy atom. The van der Waals surface area contributed by atoms with Crippen molar-refractivity contribution in [3.63, 3.8) is 0 Å². The SMILES string of the molecule is Cc1cc(Cl)nc(Cl)c1C(=O)NCCC(C)N1CCC(N(Cc2ccsc2)C(=O)CN2CCCCC2=O)CC1. The van der Waals surface area contributed by atoms with Crippen LogP contribution in [0.2, 0.25) is 10.3 Å². The van der Waals surface area contributed by atoms with E-state index in [2.05, 4.69) is 33.6 Å². The summed E-state index contributed by atoms with van der Waals surface area (Å²) in [5.41, 5.74) is 2.19. The van der Waals surface area contributed by atoms with Gasteiger partial charge in [0.25, 0.3) is 5.91 Å². The molecular formula is C28H37Cl2N5O3S. The summed E-state index contributed by atoms with van der Waals surface area (Å²) in [5.74, 6) is -0.121. The van der Waals surface area contributed by atoms with Gasteiger partial charge in [-0.2, -0.15) is 11.3 Å². The molecule has 0 spiro atoms. The summed E-state index contributed by atoms with van der Waals surface area (Å²) in [6.45, 7) is 7.66. The number of rotatable bonds is 10. The number of hydrogen-bond acceptors (Lipinski definition) is 6. The van der Waals surface area contributed by atoms with Crippen molar-refractivity contribution in [3.8, 4) is 0 Å². The zero-order chi connectivity index (χ0) is 27.9. The predicted molar refractivity (Wildman–Crippen MR) is 155 cm³/mol. The zero-order valence-corrected chi connectivity index (χ0v) is 25.0. The monoisotopic (exact) mass is 593 g/mol. The first-order chi connectivity index (χ1) is 18.7. The van der Waals surface area contributed by atoms with Crippen LogP contribution in [-0.2, 0) is 16.1 Å². The number of pyridine rings is 1. The van der Waals surface area contributed by atoms with Crippen molar-refractivity contribution in [1.82, 2.24) is 25.0 Å². The van der Waals surface area contributed by atoms with Crippen molar-refractivity contribution in [1.29, 1.82) is 0 Å². The normalized spacial score (nSPS) is 17.7. The van der Waals surface area contributed by atoms with Crippen LogP contribution in [0.1, 0.15) is 66.9 Å². The third-order valence-electron chi connectivity index (χ3n) is 7.78. The molecule has 39 heavy (non-hydrogen) atoms. The van der Waals surface area contributed by atoms with E-state index < -0.39 is 0 Å². The second-order valence-corrected chi connectivity index (χ2v) is 12.0. The smallest absolute Gasteiger partial charge is 0.254 e. The Balaban J connectivity index is 1.28. The summed E-state index contributed by atoms with van der Waals surface area (Å²) in [5, 5.41) is 7.46. The van der Waals surface area contributed by atoms with E-state index in [1.54, 1.807) is 29.2 Å². The van der Waals surface area contributed by atoms with E-state index >= 15 is 0 Å². The summed E-state index contributed by atoms with van der Waals surface area (Å²) in [6, 6.07) is 4.12. The number of carbonyl (C=O) groups excluding carboxylic acids is 3. The Morgan fingerprint density at radius 2 is 2.00 bits per heavy atom. The largest absolute Gasteiger partial charge is 0.352 e. The molecule has 212 valence electrons. The maximum absolute atomic E-state index is 13.4. The molecule has 2 aliphatic heterocycles. The van der Waals surface area contributed by atoms with Crippen LogP contribution in [0.25, 0.3) is 0 Å². The van der Waals surface area contributed by atoms with Gasteiger partial charge in [0.2, 0.25) is 11.8 Å². The van der Waals surface area contributed by atoms with Gasteiger partial charge in [-0.3, -0.25) is 14.4 Å². The molecule has 11 heteroatoms. The summed E-state index contributed by atoms with van der Waals surface area (Å²) in [6.07, 6.45) is 4.97. The third kappa shape index (κ3) is 7.93. The number of halogens is 2. The van der Waals surface area contributed by atoms with E-state index in [1.807, 2.05) is 10.3 Å². The van der Waals surface area contributed by atoms with Crippen LogP contribution >= 0.6 is 34.5 Å². The fourth-order valence-corrected chi connectivity index (χ4v) is 6.73. The van der Waals surface area contributed by atoms with Crippen molar-refractivity contribution >= 4 is 52.3 Å². The lowest BCUT2D eigenvalue weighted by Gasteiger charge is -2.41. The van der Waals surface area contributed by atoms with Gasteiger partial charge < -0.3 is 20.0 Å². The van der Waals surface area contributed by atoms with Crippen LogP contribution in [0.4, 0.5) is 0 Å². The summed E-state index contributed by atoms with van der Waals surface area (Å²) in [4.78, 5) is 48.6. The minimum Gasteiger partial charge on any atom is -0.352 e. The second kappa shape index (κ2) is 13.9. The summed E-state index contributed by atoms with van der Waals surface area (Å²) in [7, 11) is 0. The van der Waals surface area contributed by atoms with Gasteiger partial charge in [0.1, 0.15) is 10.3 Å². The Morgan fingerprint density at radius 3 is 2.67 bits per heavy atom. The van der Waals surface area contributed by atoms with Gasteiger partial charge in [-0.15, -0.1) is 0 Å². The molecule has 2 saturated heterocycles. The molecule has 3 amide bonds. The molecule has 4 rings (SSSR count). The zero-order valence-electron chi connectivity index (χ0n) is 22.6. The summed E-state index contributed by atoms with van der Waals surface area (Å²) < 4.78 is 0. The Kier molecular flexibility index (Phi) is 10.6. The first kappa shape index (κ1) is 29.8. The number of aryl methyl sites for hydroxylation is 1. The number of nitrogens with one attached hydrogen (secondary N) is 1. The molecule has 2 aromatic heterocycles. The molecule has 2 aromatic rings. The molecular weight excluding hydrogens is 557 g/mol. The number of aromatic nitrogens is 1. The van der Waals surface area contributed by atoms with Gasteiger partial charge in [-0.05, 0) is 80.0 Å². The van der Waals surface area contributed by atoms with Gasteiger partial charge in [0.15, 0.2) is 0 Å². The van der Waals surface area contributed by atoms with Gasteiger partial charge in [0, 0.05) is 51.2 Å². The maximum atomic E-state index is 13.4. The second-order valence-electron chi connectivity index (χ2n) is 10.5. The molecule has 0 aromatic carbocycles. The highest BCUT2D eigenvalue weighted by molar-refractivity contribution is 7.07. The highest BCUT2D eigenvalue weighted by Crippen LogP contribution is 2.24. The lowest BCUT2D eigenvalue weighted by atomic mass is 10.00. The van der Waals surface area contributed by atoms with Gasteiger partial charge in [0.05, 0.1) is 12.1 Å². The lowest BCUT2D eigenvalue weighted by molar-refractivity contribution is -0.144. The molecule has 1 N–H and O–H groups in total. The molecule has 2 aliphatic rings. The minimum atomic E-state index is -0.248. The Bertz CT molecular complexity index is 1130. The molecule has 2 fully saturated rings. The molecule has 0 bridgehead atoms. The van der Waals surface area contributed by atoms with E-state index in [0.717, 1.165) is 50.8 Å². The molecule has 8 nitrogen and oxygen atoms in total. The van der Waals surface area contributed by atoms with Crippen molar-refractivity contribution in [2.24, 2.45) is 0 Å². The quantitative estimate of drug-likeness (QED) is 0.401. The third-order valence-corrected chi connectivity index (χ3v) is 8.98. The lowest BCUT2D eigenvalue weighted by Crippen LogP contribution is -2.52. The fraction of sp³-hybridized carbons (Fsp3) is 0.571. The molecule has 1 unspecified atom stereocenters. The van der Waals surface area contributed by atoms with E-state index in [1.165, 1.54) is 0 Å². The summed E-state index contributed by atoms with van der Waals surface area (Å²) >= 11 is 13.7. The number of carbonyl (C=O) groups is 3. The number of likely N-dealkylation sites (tertiary alicyclic amines) is 2. The van der Waals surface area contributed by atoms with E-state index in [9.17, 15) is 14.4 Å². The van der Waals surface area contributed by atoms with Crippen LogP contribution in [0.15, 0.2) is 22.9 Å². The molecule has 1 atom stereocenters. The van der Waals surface area contributed by atoms with E-state index in [0.29, 0.717) is 37.2 Å². The van der Waals surface area contributed by atoms with Gasteiger partial charge in [-0.1, -0.05) is 23.2 Å². The fourth-order valence-electron chi connectivity index (χ4n) is 5.46. The van der Waals surface area contributed by atoms with E-state index in [-0.39, 0.29) is 46.7 Å². The van der Waals surface area contributed by atoms with Crippen LogP contribution < -0.4 is 5.32 Å². The average Bonchev–Trinajstić information content (AvgIpc) is 3.41. The van der Waals surface area contributed by atoms with E-state index in [4.69, 9.17) is 23.2 Å². The molecule has 0 aliphatic carbocycles. The Hall–Kier alpha value is -2.20. The predicted octanol–water partition coefficient (Wildman–Crippen LogP) is 4.77. The number of hydrogen-bond donors (Lipinski definition) is 1. The maximum Gasteiger partial charge on any atom is 0.254 e. The number of nitrogens with zero attached hydrogens (tertiary/aromatic N) is 4. The molecule has 0 radical (unpaired) electrons. The molecule has 0 saturated carbocycles. The number of piperidine rings is 2.